The van der Waals surface area contributed by atoms with Gasteiger partial charge in [0.05, 0.1) is 6.54 Å². The number of pyridine rings is 1. The Morgan fingerprint density at radius 1 is 1.15 bits per heavy atom. The first-order chi connectivity index (χ1) is 15.9. The standard InChI is InChI=1S/C24H25N5O4/c25-22-18-7-6-15(12-17(18)8-10-26-22)13-28-23(32)19-9-11-29(19)24(33)21(27-14-20(30)31)16-4-2-1-3-5-16/h1-8,10,12,19,21,27H,9,11,13-14H2,(H2,25,26)(H,28,32)(H,30,31)/t19-,21+/m0/s1. The van der Waals surface area contributed by atoms with E-state index in [1.165, 1.54) is 4.90 Å². The average Bonchev–Trinajstić information content (AvgIpc) is 2.78. The third-order valence-corrected chi connectivity index (χ3v) is 5.77. The molecular weight excluding hydrogens is 422 g/mol. The summed E-state index contributed by atoms with van der Waals surface area (Å²) >= 11 is 0. The Labute approximate surface area is 190 Å². The Hall–Kier alpha value is -3.98. The molecule has 0 bridgehead atoms. The van der Waals surface area contributed by atoms with Crippen molar-refractivity contribution in [3.8, 4) is 0 Å². The highest BCUT2D eigenvalue weighted by molar-refractivity contribution is 5.93. The van der Waals surface area contributed by atoms with E-state index in [2.05, 4.69) is 15.6 Å². The molecule has 1 saturated heterocycles. The minimum Gasteiger partial charge on any atom is -0.480 e. The topological polar surface area (TPSA) is 138 Å². The Balaban J connectivity index is 1.41. The monoisotopic (exact) mass is 447 g/mol. The smallest absolute Gasteiger partial charge is 0.317 e. The summed E-state index contributed by atoms with van der Waals surface area (Å²) in [5.41, 5.74) is 7.44. The summed E-state index contributed by atoms with van der Waals surface area (Å²) in [7, 11) is 0. The summed E-state index contributed by atoms with van der Waals surface area (Å²) in [6.07, 6.45) is 2.19. The number of hydrogen-bond acceptors (Lipinski definition) is 6. The van der Waals surface area contributed by atoms with E-state index in [-0.39, 0.29) is 18.4 Å². The van der Waals surface area contributed by atoms with Crippen LogP contribution in [0.1, 0.15) is 23.6 Å². The van der Waals surface area contributed by atoms with E-state index in [1.807, 2.05) is 30.3 Å². The van der Waals surface area contributed by atoms with Crippen LogP contribution in [0.2, 0.25) is 0 Å². The number of likely N-dealkylation sites (tertiary alicyclic amines) is 1. The number of aliphatic carboxylic acids is 1. The molecule has 170 valence electrons. The van der Waals surface area contributed by atoms with E-state index in [1.54, 1.807) is 30.5 Å². The van der Waals surface area contributed by atoms with Crippen molar-refractivity contribution in [3.05, 3.63) is 71.9 Å². The molecule has 1 aliphatic rings. The Bertz CT molecular complexity index is 1180. The fourth-order valence-electron chi connectivity index (χ4n) is 3.94. The van der Waals surface area contributed by atoms with Crippen LogP contribution in [0.25, 0.3) is 10.8 Å². The summed E-state index contributed by atoms with van der Waals surface area (Å²) < 4.78 is 0. The molecule has 4 rings (SSSR count). The van der Waals surface area contributed by atoms with Crippen LogP contribution in [0.4, 0.5) is 5.82 Å². The van der Waals surface area contributed by atoms with Crippen molar-refractivity contribution in [2.45, 2.75) is 25.0 Å². The van der Waals surface area contributed by atoms with Gasteiger partial charge in [0.2, 0.25) is 11.8 Å². The first-order valence-corrected chi connectivity index (χ1v) is 10.7. The second kappa shape index (κ2) is 9.66. The maximum Gasteiger partial charge on any atom is 0.317 e. The van der Waals surface area contributed by atoms with Crippen molar-refractivity contribution in [1.82, 2.24) is 20.5 Å². The molecule has 2 amide bonds. The second-order valence-electron chi connectivity index (χ2n) is 7.92. The van der Waals surface area contributed by atoms with E-state index < -0.39 is 18.1 Å². The lowest BCUT2D eigenvalue weighted by Crippen LogP contribution is -2.60. The molecule has 0 aliphatic carbocycles. The largest absolute Gasteiger partial charge is 0.480 e. The fraction of sp³-hybridized carbons (Fsp3) is 0.250. The van der Waals surface area contributed by atoms with Gasteiger partial charge in [-0.2, -0.15) is 0 Å². The van der Waals surface area contributed by atoms with Crippen LogP contribution in [0.5, 0.6) is 0 Å². The number of aromatic nitrogens is 1. The molecule has 1 fully saturated rings. The second-order valence-corrected chi connectivity index (χ2v) is 7.92. The number of carbonyl (C=O) groups is 3. The molecular formula is C24H25N5O4. The zero-order chi connectivity index (χ0) is 23.4. The van der Waals surface area contributed by atoms with Crippen molar-refractivity contribution in [1.29, 1.82) is 0 Å². The van der Waals surface area contributed by atoms with E-state index in [0.717, 1.165) is 16.3 Å². The highest BCUT2D eigenvalue weighted by Crippen LogP contribution is 2.25. The van der Waals surface area contributed by atoms with Crippen LogP contribution in [0.3, 0.4) is 0 Å². The molecule has 5 N–H and O–H groups in total. The maximum atomic E-state index is 13.2. The number of carboxylic acids is 1. The number of nitrogens with two attached hydrogens (primary N) is 1. The van der Waals surface area contributed by atoms with E-state index in [4.69, 9.17) is 10.8 Å². The van der Waals surface area contributed by atoms with Gasteiger partial charge in [-0.05, 0) is 35.1 Å². The molecule has 3 aromatic rings. The number of nitrogens with one attached hydrogen (secondary N) is 2. The van der Waals surface area contributed by atoms with E-state index in [0.29, 0.717) is 30.9 Å². The molecule has 2 aromatic carbocycles. The van der Waals surface area contributed by atoms with Gasteiger partial charge in [-0.25, -0.2) is 4.98 Å². The van der Waals surface area contributed by atoms with Crippen molar-refractivity contribution in [2.24, 2.45) is 0 Å². The number of hydrogen-bond donors (Lipinski definition) is 4. The molecule has 0 saturated carbocycles. The average molecular weight is 447 g/mol. The number of carboxylic acid groups (broad SMARTS) is 1. The number of amides is 2. The summed E-state index contributed by atoms with van der Waals surface area (Å²) in [6, 6.07) is 15.0. The van der Waals surface area contributed by atoms with Crippen LogP contribution in [0, 0.1) is 0 Å². The van der Waals surface area contributed by atoms with Crippen LogP contribution in [0.15, 0.2) is 60.8 Å². The Kier molecular flexibility index (Phi) is 6.50. The SMILES string of the molecule is Nc1nccc2cc(CNC(=O)[C@@H]3CCN3C(=O)[C@H](NCC(=O)O)c3ccccc3)ccc12. The van der Waals surface area contributed by atoms with Gasteiger partial charge in [0.15, 0.2) is 0 Å². The Morgan fingerprint density at radius 3 is 2.64 bits per heavy atom. The van der Waals surface area contributed by atoms with Gasteiger partial charge in [0, 0.05) is 24.7 Å². The lowest BCUT2D eigenvalue weighted by molar-refractivity contribution is -0.149. The third-order valence-electron chi connectivity index (χ3n) is 5.77. The minimum absolute atomic E-state index is 0.242. The van der Waals surface area contributed by atoms with Crippen LogP contribution >= 0.6 is 0 Å². The summed E-state index contributed by atoms with van der Waals surface area (Å²) in [6.45, 7) is 0.393. The molecule has 33 heavy (non-hydrogen) atoms. The number of rotatable bonds is 8. The normalized spacial score (nSPS) is 16.1. The molecule has 9 nitrogen and oxygen atoms in total. The Morgan fingerprint density at radius 2 is 1.94 bits per heavy atom. The summed E-state index contributed by atoms with van der Waals surface area (Å²) in [4.78, 5) is 42.6. The van der Waals surface area contributed by atoms with Crippen LogP contribution in [-0.4, -0.2) is 51.9 Å². The minimum atomic E-state index is -1.06. The summed E-state index contributed by atoms with van der Waals surface area (Å²) in [5, 5.41) is 16.5. The van der Waals surface area contributed by atoms with Crippen LogP contribution < -0.4 is 16.4 Å². The molecule has 0 unspecified atom stereocenters. The number of benzene rings is 2. The number of anilines is 1. The van der Waals surface area contributed by atoms with Crippen molar-refractivity contribution < 1.29 is 19.5 Å². The lowest BCUT2D eigenvalue weighted by Gasteiger charge is -2.41. The fourth-order valence-corrected chi connectivity index (χ4v) is 3.94. The number of nitrogen functional groups attached to an aromatic ring is 1. The number of carbonyl (C=O) groups excluding carboxylic acids is 2. The highest BCUT2D eigenvalue weighted by Gasteiger charge is 2.40. The number of fused-ring (bicyclic) bond motifs is 1. The molecule has 9 heteroatoms. The quantitative estimate of drug-likeness (QED) is 0.410. The molecule has 2 atom stereocenters. The zero-order valence-electron chi connectivity index (χ0n) is 17.9. The molecule has 1 aliphatic heterocycles. The first-order valence-electron chi connectivity index (χ1n) is 10.7. The predicted molar refractivity (Wildman–Crippen MR) is 123 cm³/mol. The van der Waals surface area contributed by atoms with Gasteiger partial charge in [0.1, 0.15) is 17.9 Å². The number of nitrogens with zero attached hydrogens (tertiary/aromatic N) is 2. The lowest BCUT2D eigenvalue weighted by atomic mass is 9.97. The van der Waals surface area contributed by atoms with E-state index >= 15 is 0 Å². The molecule has 0 spiro atoms. The molecule has 0 radical (unpaired) electrons. The van der Waals surface area contributed by atoms with Crippen LogP contribution in [-0.2, 0) is 20.9 Å². The van der Waals surface area contributed by atoms with Gasteiger partial charge >= 0.3 is 5.97 Å². The van der Waals surface area contributed by atoms with Gasteiger partial charge < -0.3 is 21.1 Å². The van der Waals surface area contributed by atoms with Crippen molar-refractivity contribution in [2.75, 3.05) is 18.8 Å². The maximum absolute atomic E-state index is 13.2. The van der Waals surface area contributed by atoms with Gasteiger partial charge in [-0.3, -0.25) is 19.7 Å². The van der Waals surface area contributed by atoms with Crippen molar-refractivity contribution in [3.63, 3.8) is 0 Å². The predicted octanol–water partition coefficient (Wildman–Crippen LogP) is 1.45. The highest BCUT2D eigenvalue weighted by atomic mass is 16.4. The first kappa shape index (κ1) is 22.2. The van der Waals surface area contributed by atoms with Gasteiger partial charge in [-0.1, -0.05) is 42.5 Å². The zero-order valence-corrected chi connectivity index (χ0v) is 17.9. The molecule has 2 heterocycles. The van der Waals surface area contributed by atoms with Gasteiger partial charge in [0.25, 0.3) is 0 Å². The van der Waals surface area contributed by atoms with Crippen molar-refractivity contribution >= 4 is 34.4 Å². The summed E-state index contributed by atoms with van der Waals surface area (Å²) in [5.74, 6) is -1.16. The van der Waals surface area contributed by atoms with E-state index in [9.17, 15) is 14.4 Å². The van der Waals surface area contributed by atoms with Gasteiger partial charge in [-0.15, -0.1) is 0 Å². The third kappa shape index (κ3) is 4.93. The molecule has 1 aromatic heterocycles.